The molecule has 0 amide bonds. The third-order valence-corrected chi connectivity index (χ3v) is 3.63. The molecular weight excluding hydrogens is 241 g/mol. The van der Waals surface area contributed by atoms with Crippen molar-refractivity contribution in [1.82, 2.24) is 15.3 Å². The summed E-state index contributed by atoms with van der Waals surface area (Å²) in [6.45, 7) is 3.77. The van der Waals surface area contributed by atoms with Crippen LogP contribution in [0, 0.1) is 12.7 Å². The number of benzene rings is 1. The summed E-state index contributed by atoms with van der Waals surface area (Å²) in [7, 11) is 0. The number of fused-ring (bicyclic) bond motifs is 1. The van der Waals surface area contributed by atoms with Crippen LogP contribution in [0.5, 0.6) is 0 Å². The minimum Gasteiger partial charge on any atom is -0.312 e. The number of hydrogen-bond donors (Lipinski definition) is 1. The van der Waals surface area contributed by atoms with Gasteiger partial charge in [0.1, 0.15) is 12.1 Å². The van der Waals surface area contributed by atoms with E-state index in [-0.39, 0.29) is 5.82 Å². The molecule has 1 aliphatic heterocycles. The lowest BCUT2D eigenvalue weighted by molar-refractivity contribution is 0.616. The highest BCUT2D eigenvalue weighted by atomic mass is 19.1. The molecule has 2 aromatic rings. The number of nitrogens with zero attached hydrogens (tertiary/aromatic N) is 2. The fraction of sp³-hybridized carbons (Fsp3) is 0.333. The molecule has 1 N–H and O–H groups in total. The molecule has 0 aliphatic carbocycles. The largest absolute Gasteiger partial charge is 0.312 e. The van der Waals surface area contributed by atoms with Gasteiger partial charge in [-0.05, 0) is 30.2 Å². The summed E-state index contributed by atoms with van der Waals surface area (Å²) in [4.78, 5) is 8.72. The molecule has 0 unspecified atom stereocenters. The number of hydrogen-bond acceptors (Lipinski definition) is 3. The van der Waals surface area contributed by atoms with Gasteiger partial charge in [-0.2, -0.15) is 0 Å². The van der Waals surface area contributed by atoms with Crippen LogP contribution in [0.15, 0.2) is 24.5 Å². The summed E-state index contributed by atoms with van der Waals surface area (Å²) in [5, 5.41) is 3.34. The van der Waals surface area contributed by atoms with Crippen molar-refractivity contribution >= 4 is 0 Å². The van der Waals surface area contributed by atoms with Gasteiger partial charge in [0.25, 0.3) is 0 Å². The molecule has 3 nitrogen and oxygen atoms in total. The van der Waals surface area contributed by atoms with Crippen molar-refractivity contribution in [1.29, 1.82) is 0 Å². The predicted molar refractivity (Wildman–Crippen MR) is 71.4 cm³/mol. The SMILES string of the molecule is Cc1ccc(F)cc1Cc1ncnc2c1CNCC2. The van der Waals surface area contributed by atoms with Crippen LogP contribution in [0.1, 0.15) is 28.1 Å². The van der Waals surface area contributed by atoms with Crippen molar-refractivity contribution in [2.45, 2.75) is 26.3 Å². The van der Waals surface area contributed by atoms with Crippen LogP contribution in [0.4, 0.5) is 4.39 Å². The van der Waals surface area contributed by atoms with Crippen molar-refractivity contribution in [2.24, 2.45) is 0 Å². The Morgan fingerprint density at radius 3 is 3.11 bits per heavy atom. The van der Waals surface area contributed by atoms with Gasteiger partial charge in [0.15, 0.2) is 0 Å². The van der Waals surface area contributed by atoms with E-state index in [1.807, 2.05) is 13.0 Å². The lowest BCUT2D eigenvalue weighted by Gasteiger charge is -2.18. The van der Waals surface area contributed by atoms with Gasteiger partial charge < -0.3 is 5.32 Å². The molecule has 2 heterocycles. The summed E-state index contributed by atoms with van der Waals surface area (Å²) < 4.78 is 13.3. The second kappa shape index (κ2) is 5.05. The highest BCUT2D eigenvalue weighted by molar-refractivity contribution is 5.35. The maximum absolute atomic E-state index is 13.3. The molecule has 19 heavy (non-hydrogen) atoms. The first-order chi connectivity index (χ1) is 9.24. The second-order valence-corrected chi connectivity index (χ2v) is 4.92. The Hall–Kier alpha value is -1.81. The fourth-order valence-electron chi connectivity index (χ4n) is 2.49. The average Bonchev–Trinajstić information content (AvgIpc) is 2.43. The van der Waals surface area contributed by atoms with Gasteiger partial charge in [-0.15, -0.1) is 0 Å². The van der Waals surface area contributed by atoms with Crippen molar-refractivity contribution in [3.05, 3.63) is 58.4 Å². The Labute approximate surface area is 111 Å². The summed E-state index contributed by atoms with van der Waals surface area (Å²) >= 11 is 0. The summed E-state index contributed by atoms with van der Waals surface area (Å²) in [5.74, 6) is -0.193. The van der Waals surface area contributed by atoms with E-state index < -0.39 is 0 Å². The predicted octanol–water partition coefficient (Wildman–Crippen LogP) is 2.16. The van der Waals surface area contributed by atoms with Gasteiger partial charge in [0, 0.05) is 37.2 Å². The minimum atomic E-state index is -0.193. The van der Waals surface area contributed by atoms with Crippen molar-refractivity contribution in [3.63, 3.8) is 0 Å². The number of aryl methyl sites for hydroxylation is 1. The topological polar surface area (TPSA) is 37.8 Å². The van der Waals surface area contributed by atoms with E-state index in [1.54, 1.807) is 12.4 Å². The molecule has 0 saturated heterocycles. The van der Waals surface area contributed by atoms with Crippen LogP contribution < -0.4 is 5.32 Å². The van der Waals surface area contributed by atoms with E-state index >= 15 is 0 Å². The third-order valence-electron chi connectivity index (χ3n) is 3.63. The fourth-order valence-corrected chi connectivity index (χ4v) is 2.49. The van der Waals surface area contributed by atoms with E-state index in [2.05, 4.69) is 15.3 Å². The third kappa shape index (κ3) is 2.49. The van der Waals surface area contributed by atoms with Crippen LogP contribution in [0.25, 0.3) is 0 Å². The molecule has 0 saturated carbocycles. The quantitative estimate of drug-likeness (QED) is 0.896. The Morgan fingerprint density at radius 1 is 1.32 bits per heavy atom. The molecule has 0 atom stereocenters. The molecule has 0 fully saturated rings. The highest BCUT2D eigenvalue weighted by Crippen LogP contribution is 2.19. The highest BCUT2D eigenvalue weighted by Gasteiger charge is 2.15. The van der Waals surface area contributed by atoms with E-state index in [0.717, 1.165) is 42.0 Å². The van der Waals surface area contributed by atoms with Crippen LogP contribution in [0.3, 0.4) is 0 Å². The lowest BCUT2D eigenvalue weighted by Crippen LogP contribution is -2.26. The molecule has 0 radical (unpaired) electrons. The molecule has 1 aromatic heterocycles. The first-order valence-electron chi connectivity index (χ1n) is 6.51. The first-order valence-corrected chi connectivity index (χ1v) is 6.51. The van der Waals surface area contributed by atoms with Gasteiger partial charge in [0.05, 0.1) is 5.69 Å². The molecule has 3 rings (SSSR count). The van der Waals surface area contributed by atoms with Crippen LogP contribution in [0.2, 0.25) is 0 Å². The molecule has 1 aliphatic rings. The number of halogens is 1. The number of aromatic nitrogens is 2. The Bertz CT molecular complexity index is 610. The average molecular weight is 257 g/mol. The van der Waals surface area contributed by atoms with Crippen molar-refractivity contribution in [3.8, 4) is 0 Å². The van der Waals surface area contributed by atoms with Crippen molar-refractivity contribution in [2.75, 3.05) is 6.54 Å². The van der Waals surface area contributed by atoms with Gasteiger partial charge >= 0.3 is 0 Å². The Balaban J connectivity index is 1.97. The molecule has 98 valence electrons. The number of rotatable bonds is 2. The van der Waals surface area contributed by atoms with Crippen LogP contribution >= 0.6 is 0 Å². The maximum Gasteiger partial charge on any atom is 0.123 e. The smallest absolute Gasteiger partial charge is 0.123 e. The van der Waals surface area contributed by atoms with Gasteiger partial charge in [-0.1, -0.05) is 6.07 Å². The molecule has 1 aromatic carbocycles. The van der Waals surface area contributed by atoms with Crippen molar-refractivity contribution < 1.29 is 4.39 Å². The zero-order chi connectivity index (χ0) is 13.2. The number of nitrogens with one attached hydrogen (secondary N) is 1. The Morgan fingerprint density at radius 2 is 2.21 bits per heavy atom. The molecular formula is C15H16FN3. The summed E-state index contributed by atoms with van der Waals surface area (Å²) in [5.41, 5.74) is 5.39. The maximum atomic E-state index is 13.3. The lowest BCUT2D eigenvalue weighted by atomic mass is 9.98. The second-order valence-electron chi connectivity index (χ2n) is 4.92. The molecule has 0 spiro atoms. The van der Waals surface area contributed by atoms with E-state index in [0.29, 0.717) is 6.42 Å². The normalized spacial score (nSPS) is 14.2. The van der Waals surface area contributed by atoms with Crippen LogP contribution in [-0.4, -0.2) is 16.5 Å². The zero-order valence-electron chi connectivity index (χ0n) is 10.9. The van der Waals surface area contributed by atoms with Crippen LogP contribution in [-0.2, 0) is 19.4 Å². The monoisotopic (exact) mass is 257 g/mol. The molecule has 4 heteroatoms. The standard InChI is InChI=1S/C15H16FN3/c1-10-2-3-12(16)6-11(10)7-15-13-8-17-5-4-14(13)18-9-19-15/h2-3,6,9,17H,4-5,7-8H2,1H3. The van der Waals surface area contributed by atoms with Gasteiger partial charge in [-0.25, -0.2) is 14.4 Å². The first kappa shape index (κ1) is 12.2. The van der Waals surface area contributed by atoms with E-state index in [9.17, 15) is 4.39 Å². The van der Waals surface area contributed by atoms with E-state index in [1.165, 1.54) is 11.6 Å². The Kier molecular flexibility index (Phi) is 3.25. The minimum absolute atomic E-state index is 0.193. The van der Waals surface area contributed by atoms with Gasteiger partial charge in [0.2, 0.25) is 0 Å². The molecule has 0 bridgehead atoms. The van der Waals surface area contributed by atoms with Gasteiger partial charge in [-0.3, -0.25) is 0 Å². The summed E-state index contributed by atoms with van der Waals surface area (Å²) in [6.07, 6.45) is 3.22. The zero-order valence-corrected chi connectivity index (χ0v) is 10.9. The van der Waals surface area contributed by atoms with E-state index in [4.69, 9.17) is 0 Å². The summed E-state index contributed by atoms with van der Waals surface area (Å²) in [6, 6.07) is 4.91.